The molecule has 0 fully saturated rings. The number of methoxy groups -OCH3 is 1. The van der Waals surface area contributed by atoms with Crippen LogP contribution in [0.1, 0.15) is 35.2 Å². The second-order valence-corrected chi connectivity index (χ2v) is 7.62. The van der Waals surface area contributed by atoms with Gasteiger partial charge in [-0.25, -0.2) is 4.79 Å². The smallest absolute Gasteiger partial charge is 0.338 e. The molecular formula is C24H23N5O6. The standard InChI is InChI=1S/C24H23N5O6/c1-3-35-23(33)13-4-6-14(7-5-13)25-21(31)17-12-18(30)27-20-19(17)22(32)29-24(28-20)26-15-8-10-16(34-2)11-9-15/h4-11,17H,3,12H2,1-2H3,(H,25,31)(H3,26,27,28,29,30,32)/t17-/m1/s1. The lowest BCUT2D eigenvalue weighted by atomic mass is 9.92. The third-order valence-electron chi connectivity index (χ3n) is 5.28. The summed E-state index contributed by atoms with van der Waals surface area (Å²) in [6.07, 6.45) is -0.213. The molecule has 0 radical (unpaired) electrons. The zero-order valence-corrected chi connectivity index (χ0v) is 19.0. The van der Waals surface area contributed by atoms with Crippen LogP contribution in [0.15, 0.2) is 53.3 Å². The summed E-state index contributed by atoms with van der Waals surface area (Å²) in [5.74, 6) is -1.72. The Morgan fingerprint density at radius 2 is 1.74 bits per heavy atom. The van der Waals surface area contributed by atoms with Crippen LogP contribution >= 0.6 is 0 Å². The molecule has 0 unspecified atom stereocenters. The number of rotatable bonds is 7. The lowest BCUT2D eigenvalue weighted by Gasteiger charge is -2.23. The molecule has 0 spiro atoms. The fourth-order valence-corrected chi connectivity index (χ4v) is 3.60. The van der Waals surface area contributed by atoms with Gasteiger partial charge in [0, 0.05) is 17.8 Å². The predicted molar refractivity (Wildman–Crippen MR) is 128 cm³/mol. The van der Waals surface area contributed by atoms with Gasteiger partial charge in [0.15, 0.2) is 0 Å². The van der Waals surface area contributed by atoms with Crippen molar-refractivity contribution in [3.8, 4) is 5.75 Å². The Morgan fingerprint density at radius 3 is 2.40 bits per heavy atom. The zero-order valence-electron chi connectivity index (χ0n) is 19.0. The van der Waals surface area contributed by atoms with Crippen molar-refractivity contribution in [2.24, 2.45) is 0 Å². The molecule has 2 heterocycles. The number of hydrogen-bond donors (Lipinski definition) is 4. The Hall–Kier alpha value is -4.67. The number of nitrogens with zero attached hydrogens (tertiary/aromatic N) is 1. The minimum absolute atomic E-state index is 0.0128. The summed E-state index contributed by atoms with van der Waals surface area (Å²) in [7, 11) is 1.55. The van der Waals surface area contributed by atoms with Crippen LogP contribution in [-0.2, 0) is 14.3 Å². The number of anilines is 4. The van der Waals surface area contributed by atoms with Gasteiger partial charge in [-0.3, -0.25) is 19.4 Å². The number of esters is 1. The van der Waals surface area contributed by atoms with Crippen LogP contribution in [0.5, 0.6) is 5.75 Å². The number of carbonyl (C=O) groups excluding carboxylic acids is 3. The van der Waals surface area contributed by atoms with Crippen LogP contribution < -0.4 is 26.2 Å². The average molecular weight is 477 g/mol. The Morgan fingerprint density at radius 1 is 1.06 bits per heavy atom. The van der Waals surface area contributed by atoms with E-state index in [1.807, 2.05) is 0 Å². The molecule has 4 rings (SSSR count). The summed E-state index contributed by atoms with van der Waals surface area (Å²) in [6.45, 7) is 1.96. The highest BCUT2D eigenvalue weighted by Gasteiger charge is 2.34. The monoisotopic (exact) mass is 477 g/mol. The molecule has 0 saturated heterocycles. The van der Waals surface area contributed by atoms with E-state index in [2.05, 4.69) is 25.9 Å². The first-order valence-corrected chi connectivity index (χ1v) is 10.8. The number of aromatic amines is 1. The second kappa shape index (κ2) is 10.1. The van der Waals surface area contributed by atoms with E-state index in [1.165, 1.54) is 24.3 Å². The van der Waals surface area contributed by atoms with Gasteiger partial charge in [0.25, 0.3) is 5.56 Å². The molecule has 2 aromatic carbocycles. The molecule has 4 N–H and O–H groups in total. The first-order valence-electron chi connectivity index (χ1n) is 10.8. The van der Waals surface area contributed by atoms with E-state index in [0.29, 0.717) is 22.7 Å². The topological polar surface area (TPSA) is 152 Å². The van der Waals surface area contributed by atoms with Gasteiger partial charge in [0.1, 0.15) is 11.6 Å². The van der Waals surface area contributed by atoms with Crippen molar-refractivity contribution in [3.63, 3.8) is 0 Å². The number of amides is 2. The predicted octanol–water partition coefficient (Wildman–Crippen LogP) is 2.76. The Balaban J connectivity index is 1.54. The minimum atomic E-state index is -1.05. The minimum Gasteiger partial charge on any atom is -0.497 e. The van der Waals surface area contributed by atoms with Crippen LogP contribution in [0.25, 0.3) is 0 Å². The van der Waals surface area contributed by atoms with Crippen molar-refractivity contribution >= 4 is 40.9 Å². The molecule has 0 saturated carbocycles. The van der Waals surface area contributed by atoms with Crippen LogP contribution in [-0.4, -0.2) is 41.5 Å². The molecule has 0 aliphatic carbocycles. The van der Waals surface area contributed by atoms with Crippen molar-refractivity contribution in [1.82, 2.24) is 9.97 Å². The summed E-state index contributed by atoms with van der Waals surface area (Å²) >= 11 is 0. The van der Waals surface area contributed by atoms with Crippen LogP contribution in [0.2, 0.25) is 0 Å². The number of nitrogens with one attached hydrogen (secondary N) is 4. The van der Waals surface area contributed by atoms with Crippen LogP contribution in [0, 0.1) is 0 Å². The highest BCUT2D eigenvalue weighted by Crippen LogP contribution is 2.30. The van der Waals surface area contributed by atoms with E-state index in [-0.39, 0.29) is 30.4 Å². The molecule has 2 amide bonds. The molecule has 1 aliphatic rings. The van der Waals surface area contributed by atoms with Gasteiger partial charge in [0.2, 0.25) is 17.8 Å². The average Bonchev–Trinajstić information content (AvgIpc) is 2.84. The highest BCUT2D eigenvalue weighted by atomic mass is 16.5. The maximum absolute atomic E-state index is 13.0. The number of fused-ring (bicyclic) bond motifs is 1. The normalized spacial score (nSPS) is 14.3. The highest BCUT2D eigenvalue weighted by molar-refractivity contribution is 6.04. The van der Waals surface area contributed by atoms with Gasteiger partial charge < -0.3 is 25.4 Å². The summed E-state index contributed by atoms with van der Waals surface area (Å²) in [5, 5.41) is 8.21. The Bertz CT molecular complexity index is 1320. The first-order chi connectivity index (χ1) is 16.9. The number of H-pyrrole nitrogens is 1. The molecular weight excluding hydrogens is 454 g/mol. The molecule has 11 heteroatoms. The lowest BCUT2D eigenvalue weighted by Crippen LogP contribution is -2.36. The van der Waals surface area contributed by atoms with E-state index in [4.69, 9.17) is 9.47 Å². The summed E-state index contributed by atoms with van der Waals surface area (Å²) in [6, 6.07) is 13.1. The number of carbonyl (C=O) groups is 3. The lowest BCUT2D eigenvalue weighted by molar-refractivity contribution is -0.123. The molecule has 11 nitrogen and oxygen atoms in total. The molecule has 35 heavy (non-hydrogen) atoms. The van der Waals surface area contributed by atoms with Gasteiger partial charge in [-0.05, 0) is 55.5 Å². The summed E-state index contributed by atoms with van der Waals surface area (Å²) in [4.78, 5) is 56.9. The van der Waals surface area contributed by atoms with Crippen LogP contribution in [0.3, 0.4) is 0 Å². The fraction of sp³-hybridized carbons (Fsp3) is 0.208. The zero-order chi connectivity index (χ0) is 24.9. The largest absolute Gasteiger partial charge is 0.497 e. The van der Waals surface area contributed by atoms with Crippen molar-refractivity contribution in [3.05, 3.63) is 70.0 Å². The van der Waals surface area contributed by atoms with Gasteiger partial charge in [-0.2, -0.15) is 4.98 Å². The molecule has 1 aromatic heterocycles. The summed E-state index contributed by atoms with van der Waals surface area (Å²) in [5.41, 5.74) is 0.883. The molecule has 1 aliphatic heterocycles. The van der Waals surface area contributed by atoms with Gasteiger partial charge in [-0.1, -0.05) is 0 Å². The molecule has 180 valence electrons. The van der Waals surface area contributed by atoms with E-state index in [1.54, 1.807) is 38.3 Å². The Labute approximate surface area is 199 Å². The van der Waals surface area contributed by atoms with Crippen molar-refractivity contribution in [2.45, 2.75) is 19.3 Å². The van der Waals surface area contributed by atoms with Gasteiger partial charge >= 0.3 is 5.97 Å². The van der Waals surface area contributed by atoms with Crippen molar-refractivity contribution in [1.29, 1.82) is 0 Å². The van der Waals surface area contributed by atoms with E-state index >= 15 is 0 Å². The number of aromatic nitrogens is 2. The number of ether oxygens (including phenoxy) is 2. The van der Waals surface area contributed by atoms with Gasteiger partial charge in [-0.15, -0.1) is 0 Å². The van der Waals surface area contributed by atoms with Crippen molar-refractivity contribution < 1.29 is 23.9 Å². The second-order valence-electron chi connectivity index (χ2n) is 7.62. The van der Waals surface area contributed by atoms with E-state index in [9.17, 15) is 19.2 Å². The quantitative estimate of drug-likeness (QED) is 0.379. The third kappa shape index (κ3) is 5.29. The van der Waals surface area contributed by atoms with Crippen molar-refractivity contribution in [2.75, 3.05) is 29.7 Å². The molecule has 3 aromatic rings. The van der Waals surface area contributed by atoms with E-state index in [0.717, 1.165) is 0 Å². The molecule has 1 atom stereocenters. The maximum atomic E-state index is 13.0. The maximum Gasteiger partial charge on any atom is 0.338 e. The van der Waals surface area contributed by atoms with E-state index < -0.39 is 29.3 Å². The third-order valence-corrected chi connectivity index (χ3v) is 5.28. The number of hydrogen-bond acceptors (Lipinski definition) is 8. The Kier molecular flexibility index (Phi) is 6.76. The fourth-order valence-electron chi connectivity index (χ4n) is 3.60. The van der Waals surface area contributed by atoms with Gasteiger partial charge in [0.05, 0.1) is 30.8 Å². The summed E-state index contributed by atoms with van der Waals surface area (Å²) < 4.78 is 10.1. The number of benzene rings is 2. The van der Waals surface area contributed by atoms with Crippen LogP contribution in [0.4, 0.5) is 23.1 Å². The first kappa shape index (κ1) is 23.5. The SMILES string of the molecule is CCOC(=O)c1ccc(NC(=O)[C@@H]2CC(=O)Nc3nc(Nc4ccc(OC)cc4)[nH]c(=O)c32)cc1. The molecule has 0 bridgehead atoms.